The Morgan fingerprint density at radius 2 is 1.64 bits per heavy atom. The monoisotopic (exact) mass is 487 g/mol. The Hall–Kier alpha value is -4.66. The van der Waals surface area contributed by atoms with Crippen LogP contribution in [-0.2, 0) is 11.3 Å². The Bertz CT molecular complexity index is 1460. The summed E-state index contributed by atoms with van der Waals surface area (Å²) in [5.74, 6) is 0.123. The fraction of sp³-hybridized carbons (Fsp3) is 0.148. The average Bonchev–Trinajstić information content (AvgIpc) is 3.17. The SMILES string of the molecule is COc1cc2nccc(Oc3ccc(N4C(=O)CN(Cc5ccccc5)C4=O)cc3F)c2cc1OC. The number of amides is 3. The van der Waals surface area contributed by atoms with Crippen LogP contribution in [0.1, 0.15) is 5.56 Å². The standard InChI is InChI=1S/C27H22FN3O5/c1-34-24-13-19-21(14-25(24)35-2)29-11-10-22(19)36-23-9-8-18(12-20(23)28)31-26(32)16-30(27(31)33)15-17-6-4-3-5-7-17/h3-14H,15-16H2,1-2H3. The molecule has 0 unspecified atom stereocenters. The first-order chi connectivity index (χ1) is 17.5. The van der Waals surface area contributed by atoms with Crippen LogP contribution in [0.25, 0.3) is 10.9 Å². The van der Waals surface area contributed by atoms with E-state index in [0.29, 0.717) is 28.2 Å². The lowest BCUT2D eigenvalue weighted by Crippen LogP contribution is -2.32. The number of methoxy groups -OCH3 is 2. The number of fused-ring (bicyclic) bond motifs is 1. The number of ether oxygens (including phenoxy) is 3. The van der Waals surface area contributed by atoms with Crippen LogP contribution in [0.5, 0.6) is 23.0 Å². The molecule has 0 radical (unpaired) electrons. The number of benzene rings is 3. The molecule has 5 rings (SSSR count). The van der Waals surface area contributed by atoms with Crippen LogP contribution in [-0.4, -0.2) is 42.6 Å². The molecule has 0 spiro atoms. The second-order valence-electron chi connectivity index (χ2n) is 8.10. The predicted molar refractivity (Wildman–Crippen MR) is 131 cm³/mol. The predicted octanol–water partition coefficient (Wildman–Crippen LogP) is 5.15. The molecule has 182 valence electrons. The summed E-state index contributed by atoms with van der Waals surface area (Å²) >= 11 is 0. The second-order valence-corrected chi connectivity index (χ2v) is 8.10. The minimum Gasteiger partial charge on any atom is -0.493 e. The summed E-state index contributed by atoms with van der Waals surface area (Å²) in [7, 11) is 3.04. The fourth-order valence-corrected chi connectivity index (χ4v) is 4.10. The Kier molecular flexibility index (Phi) is 6.12. The summed E-state index contributed by atoms with van der Waals surface area (Å²) in [6.07, 6.45) is 1.54. The van der Waals surface area contributed by atoms with Gasteiger partial charge >= 0.3 is 6.03 Å². The first-order valence-corrected chi connectivity index (χ1v) is 11.1. The Morgan fingerprint density at radius 1 is 0.889 bits per heavy atom. The van der Waals surface area contributed by atoms with Gasteiger partial charge in [-0.3, -0.25) is 9.78 Å². The molecule has 0 bridgehead atoms. The van der Waals surface area contributed by atoms with E-state index in [1.54, 1.807) is 24.4 Å². The van der Waals surface area contributed by atoms with Crippen molar-refractivity contribution in [3.63, 3.8) is 0 Å². The number of carbonyl (C=O) groups excluding carboxylic acids is 2. The van der Waals surface area contributed by atoms with E-state index in [2.05, 4.69) is 4.98 Å². The largest absolute Gasteiger partial charge is 0.493 e. The van der Waals surface area contributed by atoms with Gasteiger partial charge in [0, 0.05) is 30.3 Å². The van der Waals surface area contributed by atoms with E-state index < -0.39 is 17.8 Å². The lowest BCUT2D eigenvalue weighted by atomic mass is 10.1. The summed E-state index contributed by atoms with van der Waals surface area (Å²) in [4.78, 5) is 32.2. The normalized spacial score (nSPS) is 13.4. The van der Waals surface area contributed by atoms with Crippen molar-refractivity contribution in [1.29, 1.82) is 0 Å². The summed E-state index contributed by atoms with van der Waals surface area (Å²) < 4.78 is 31.6. The minimum atomic E-state index is -0.722. The molecule has 0 aliphatic carbocycles. The van der Waals surface area contributed by atoms with Crippen molar-refractivity contribution in [1.82, 2.24) is 9.88 Å². The molecule has 0 N–H and O–H groups in total. The fourth-order valence-electron chi connectivity index (χ4n) is 4.10. The summed E-state index contributed by atoms with van der Waals surface area (Å²) in [6, 6.07) is 17.8. The van der Waals surface area contributed by atoms with Crippen molar-refractivity contribution >= 4 is 28.5 Å². The number of rotatable bonds is 7. The zero-order valence-electron chi connectivity index (χ0n) is 19.6. The van der Waals surface area contributed by atoms with E-state index in [4.69, 9.17) is 14.2 Å². The van der Waals surface area contributed by atoms with Gasteiger partial charge in [-0.25, -0.2) is 14.1 Å². The number of nitrogens with zero attached hydrogens (tertiary/aromatic N) is 3. The Balaban J connectivity index is 1.40. The molecule has 1 aromatic heterocycles. The third-order valence-corrected chi connectivity index (χ3v) is 5.85. The Labute approximate surface area is 206 Å². The van der Waals surface area contributed by atoms with E-state index in [1.165, 1.54) is 31.3 Å². The highest BCUT2D eigenvalue weighted by atomic mass is 19.1. The van der Waals surface area contributed by atoms with Crippen molar-refractivity contribution < 1.29 is 28.2 Å². The zero-order valence-corrected chi connectivity index (χ0v) is 19.6. The van der Waals surface area contributed by atoms with Crippen molar-refractivity contribution in [3.05, 3.63) is 84.3 Å². The minimum absolute atomic E-state index is 0.0683. The molecule has 2 heterocycles. The van der Waals surface area contributed by atoms with Gasteiger partial charge in [0.1, 0.15) is 12.3 Å². The maximum Gasteiger partial charge on any atom is 0.332 e. The summed E-state index contributed by atoms with van der Waals surface area (Å²) in [5, 5.41) is 0.597. The highest BCUT2D eigenvalue weighted by Crippen LogP contribution is 2.38. The topological polar surface area (TPSA) is 81.2 Å². The molecule has 36 heavy (non-hydrogen) atoms. The number of anilines is 1. The van der Waals surface area contributed by atoms with Crippen molar-refractivity contribution in [2.75, 3.05) is 25.7 Å². The van der Waals surface area contributed by atoms with Gasteiger partial charge in [-0.2, -0.15) is 0 Å². The van der Waals surface area contributed by atoms with Gasteiger partial charge in [-0.1, -0.05) is 30.3 Å². The average molecular weight is 487 g/mol. The maximum absolute atomic E-state index is 15.1. The molecule has 3 amide bonds. The highest BCUT2D eigenvalue weighted by molar-refractivity contribution is 6.19. The van der Waals surface area contributed by atoms with Gasteiger partial charge in [0.15, 0.2) is 23.1 Å². The third kappa shape index (κ3) is 4.26. The number of halogens is 1. The zero-order chi connectivity index (χ0) is 25.2. The van der Waals surface area contributed by atoms with E-state index >= 15 is 4.39 Å². The smallest absolute Gasteiger partial charge is 0.332 e. The molecule has 9 heteroatoms. The first-order valence-electron chi connectivity index (χ1n) is 11.1. The van der Waals surface area contributed by atoms with Crippen LogP contribution in [0, 0.1) is 5.82 Å². The van der Waals surface area contributed by atoms with Crippen LogP contribution < -0.4 is 19.1 Å². The molecule has 4 aromatic rings. The second kappa shape index (κ2) is 9.53. The van der Waals surface area contributed by atoms with Gasteiger partial charge in [-0.05, 0) is 29.8 Å². The van der Waals surface area contributed by atoms with Crippen LogP contribution >= 0.6 is 0 Å². The van der Waals surface area contributed by atoms with E-state index in [9.17, 15) is 9.59 Å². The Morgan fingerprint density at radius 3 is 2.36 bits per heavy atom. The number of imide groups is 1. The molecule has 3 aromatic carbocycles. The molecule has 0 saturated carbocycles. The van der Waals surface area contributed by atoms with E-state index in [-0.39, 0.29) is 24.5 Å². The molecular weight excluding hydrogens is 465 g/mol. The highest BCUT2D eigenvalue weighted by Gasteiger charge is 2.37. The van der Waals surface area contributed by atoms with Gasteiger partial charge in [0.2, 0.25) is 0 Å². The molecule has 1 fully saturated rings. The number of aromatic nitrogens is 1. The number of carbonyl (C=O) groups is 2. The molecule has 1 aliphatic heterocycles. The van der Waals surface area contributed by atoms with Crippen molar-refractivity contribution in [2.24, 2.45) is 0 Å². The van der Waals surface area contributed by atoms with Crippen LogP contribution in [0.15, 0.2) is 72.9 Å². The molecule has 1 saturated heterocycles. The van der Waals surface area contributed by atoms with Gasteiger partial charge in [0.25, 0.3) is 5.91 Å². The van der Waals surface area contributed by atoms with Gasteiger partial charge < -0.3 is 19.1 Å². The molecule has 1 aliphatic rings. The first kappa shape index (κ1) is 23.1. The summed E-state index contributed by atoms with van der Waals surface area (Å²) in [6.45, 7) is 0.205. The summed E-state index contributed by atoms with van der Waals surface area (Å²) in [5.41, 5.74) is 1.61. The number of hydrogen-bond acceptors (Lipinski definition) is 6. The lowest BCUT2D eigenvalue weighted by molar-refractivity contribution is -0.116. The quantitative estimate of drug-likeness (QED) is 0.335. The van der Waals surface area contributed by atoms with E-state index in [0.717, 1.165) is 16.5 Å². The maximum atomic E-state index is 15.1. The van der Waals surface area contributed by atoms with Crippen LogP contribution in [0.4, 0.5) is 14.9 Å². The third-order valence-electron chi connectivity index (χ3n) is 5.85. The van der Waals surface area contributed by atoms with Crippen LogP contribution in [0.2, 0.25) is 0 Å². The van der Waals surface area contributed by atoms with Gasteiger partial charge in [-0.15, -0.1) is 0 Å². The number of hydrogen-bond donors (Lipinski definition) is 0. The van der Waals surface area contributed by atoms with Crippen molar-refractivity contribution in [3.8, 4) is 23.0 Å². The van der Waals surface area contributed by atoms with Crippen LogP contribution in [0.3, 0.4) is 0 Å². The number of urea groups is 1. The lowest BCUT2D eigenvalue weighted by Gasteiger charge is -2.18. The molecule has 0 atom stereocenters. The van der Waals surface area contributed by atoms with E-state index in [1.807, 2.05) is 30.3 Å². The number of pyridine rings is 1. The van der Waals surface area contributed by atoms with Crippen molar-refractivity contribution in [2.45, 2.75) is 6.54 Å². The molecule has 8 nitrogen and oxygen atoms in total. The van der Waals surface area contributed by atoms with Gasteiger partial charge in [0.05, 0.1) is 25.4 Å². The molecular formula is C27H22FN3O5.